The van der Waals surface area contributed by atoms with E-state index in [4.69, 9.17) is 0 Å². The number of aryl methyl sites for hydroxylation is 1. The molecule has 0 aliphatic carbocycles. The number of nitrogens with zero attached hydrogens (tertiary/aromatic N) is 4. The van der Waals surface area contributed by atoms with Crippen LogP contribution in [0.3, 0.4) is 0 Å². The van der Waals surface area contributed by atoms with Crippen LogP contribution in [0, 0.1) is 5.92 Å². The van der Waals surface area contributed by atoms with E-state index in [2.05, 4.69) is 20.3 Å². The van der Waals surface area contributed by atoms with E-state index in [1.54, 1.807) is 36.4 Å². The van der Waals surface area contributed by atoms with Gasteiger partial charge in [-0.2, -0.15) is 5.10 Å². The predicted octanol–water partition coefficient (Wildman–Crippen LogP) is 4.15. The van der Waals surface area contributed by atoms with Crippen molar-refractivity contribution in [2.45, 2.75) is 24.9 Å². The number of nitrogens with one attached hydrogen (secondary N) is 1. The molecule has 1 saturated heterocycles. The minimum absolute atomic E-state index is 0.306. The van der Waals surface area contributed by atoms with Gasteiger partial charge in [-0.25, -0.2) is 8.78 Å². The largest absolute Gasteiger partial charge is 0.371 e. The van der Waals surface area contributed by atoms with Gasteiger partial charge in [0.15, 0.2) is 0 Å². The molecule has 6 nitrogen and oxygen atoms in total. The number of aliphatic imine (C=N–C) groups is 1. The minimum Gasteiger partial charge on any atom is -0.371 e. The van der Waals surface area contributed by atoms with Crippen molar-refractivity contribution in [3.05, 3.63) is 66.4 Å². The Morgan fingerprint density at radius 1 is 1.23 bits per heavy atom. The standard InChI is InChI=1S/C23H25F2N5O/c1-29-15-17(13-27-29)23-16(12-26-14-21(23)25)2-7-22(31)28-19-3-5-20(6-4-19)30-10-8-18(24)9-11-30/h2-7,12-16,18,23H,8-11H2,1H3,(H,28,31)/b7-2+. The Balaban J connectivity index is 1.37. The van der Waals surface area contributed by atoms with Gasteiger partial charge < -0.3 is 10.2 Å². The van der Waals surface area contributed by atoms with Gasteiger partial charge in [0.1, 0.15) is 12.0 Å². The number of aromatic nitrogens is 2. The van der Waals surface area contributed by atoms with Crippen LogP contribution in [0.15, 0.2) is 65.8 Å². The van der Waals surface area contributed by atoms with E-state index in [0.29, 0.717) is 31.6 Å². The number of allylic oxidation sites excluding steroid dienone is 2. The van der Waals surface area contributed by atoms with Crippen LogP contribution in [-0.4, -0.2) is 41.2 Å². The molecule has 2 aromatic rings. The van der Waals surface area contributed by atoms with Gasteiger partial charge in [-0.1, -0.05) is 6.08 Å². The first kappa shape index (κ1) is 21.0. The zero-order valence-electron chi connectivity index (χ0n) is 17.3. The molecule has 2 unspecified atom stereocenters. The molecule has 0 bridgehead atoms. The number of halogens is 2. The molecule has 1 fully saturated rings. The lowest BCUT2D eigenvalue weighted by Gasteiger charge is -2.30. The number of amides is 1. The molecule has 1 aromatic carbocycles. The third-order valence-electron chi connectivity index (χ3n) is 5.62. The zero-order chi connectivity index (χ0) is 21.8. The van der Waals surface area contributed by atoms with Crippen LogP contribution in [0.1, 0.15) is 24.3 Å². The predicted molar refractivity (Wildman–Crippen MR) is 118 cm³/mol. The van der Waals surface area contributed by atoms with Crippen molar-refractivity contribution in [1.82, 2.24) is 9.78 Å². The number of carbonyl (C=O) groups is 1. The Kier molecular flexibility index (Phi) is 6.25. The highest BCUT2D eigenvalue weighted by Crippen LogP contribution is 2.35. The van der Waals surface area contributed by atoms with Crippen LogP contribution in [0.2, 0.25) is 0 Å². The molecule has 1 aromatic heterocycles. The zero-order valence-corrected chi connectivity index (χ0v) is 17.3. The van der Waals surface area contributed by atoms with Crippen molar-refractivity contribution in [2.24, 2.45) is 18.0 Å². The second kappa shape index (κ2) is 9.24. The second-order valence-corrected chi connectivity index (χ2v) is 7.87. The number of rotatable bonds is 5. The summed E-state index contributed by atoms with van der Waals surface area (Å²) >= 11 is 0. The maximum atomic E-state index is 14.4. The summed E-state index contributed by atoms with van der Waals surface area (Å²) in [6.07, 6.45) is 9.63. The molecule has 0 spiro atoms. The first-order valence-electron chi connectivity index (χ1n) is 10.4. The lowest BCUT2D eigenvalue weighted by atomic mass is 9.86. The summed E-state index contributed by atoms with van der Waals surface area (Å²) in [6, 6.07) is 7.49. The van der Waals surface area contributed by atoms with Gasteiger partial charge >= 0.3 is 0 Å². The second-order valence-electron chi connectivity index (χ2n) is 7.87. The van der Waals surface area contributed by atoms with Crippen LogP contribution in [0.25, 0.3) is 0 Å². The summed E-state index contributed by atoms with van der Waals surface area (Å²) < 4.78 is 29.4. The molecule has 31 heavy (non-hydrogen) atoms. The summed E-state index contributed by atoms with van der Waals surface area (Å²) in [6.45, 7) is 1.39. The molecule has 162 valence electrons. The van der Waals surface area contributed by atoms with Crippen LogP contribution >= 0.6 is 0 Å². The third kappa shape index (κ3) is 5.07. The number of carbonyl (C=O) groups excluding carboxylic acids is 1. The van der Waals surface area contributed by atoms with E-state index >= 15 is 0 Å². The molecule has 2 aliphatic rings. The van der Waals surface area contributed by atoms with Crippen LogP contribution in [0.4, 0.5) is 20.2 Å². The van der Waals surface area contributed by atoms with Gasteiger partial charge in [-0.05, 0) is 43.2 Å². The van der Waals surface area contributed by atoms with E-state index in [1.807, 2.05) is 24.3 Å². The maximum Gasteiger partial charge on any atom is 0.248 e. The highest BCUT2D eigenvalue weighted by Gasteiger charge is 2.28. The Morgan fingerprint density at radius 3 is 2.65 bits per heavy atom. The number of alkyl halides is 1. The highest BCUT2D eigenvalue weighted by atomic mass is 19.1. The van der Waals surface area contributed by atoms with Crippen molar-refractivity contribution >= 4 is 23.5 Å². The Labute approximate surface area is 180 Å². The maximum absolute atomic E-state index is 14.4. The Morgan fingerprint density at radius 2 is 1.97 bits per heavy atom. The van der Waals surface area contributed by atoms with Gasteiger partial charge in [0, 0.05) is 55.4 Å². The highest BCUT2D eigenvalue weighted by molar-refractivity contribution is 5.99. The average Bonchev–Trinajstić information content (AvgIpc) is 3.19. The molecular weight excluding hydrogens is 400 g/mol. The van der Waals surface area contributed by atoms with Gasteiger partial charge in [-0.15, -0.1) is 0 Å². The van der Waals surface area contributed by atoms with Crippen molar-refractivity contribution < 1.29 is 13.6 Å². The topological polar surface area (TPSA) is 62.5 Å². The summed E-state index contributed by atoms with van der Waals surface area (Å²) in [5, 5.41) is 6.92. The molecule has 0 radical (unpaired) electrons. The number of piperidine rings is 1. The van der Waals surface area contributed by atoms with Crippen LogP contribution in [0.5, 0.6) is 0 Å². The van der Waals surface area contributed by atoms with E-state index in [-0.39, 0.29) is 17.7 Å². The molecule has 1 N–H and O–H groups in total. The molecule has 1 amide bonds. The van der Waals surface area contributed by atoms with E-state index in [1.165, 1.54) is 12.3 Å². The fraction of sp³-hybridized carbons (Fsp3) is 0.348. The molecule has 2 aliphatic heterocycles. The first-order chi connectivity index (χ1) is 15.0. The summed E-state index contributed by atoms with van der Waals surface area (Å²) in [4.78, 5) is 18.5. The van der Waals surface area contributed by atoms with E-state index in [0.717, 1.165) is 11.3 Å². The average molecular weight is 425 g/mol. The van der Waals surface area contributed by atoms with Crippen molar-refractivity contribution in [1.29, 1.82) is 0 Å². The lowest BCUT2D eigenvalue weighted by molar-refractivity contribution is -0.111. The molecule has 8 heteroatoms. The normalized spacial score (nSPS) is 22.0. The fourth-order valence-electron chi connectivity index (χ4n) is 3.95. The summed E-state index contributed by atoms with van der Waals surface area (Å²) in [5.74, 6) is -1.61. The molecule has 0 saturated carbocycles. The Hall–Kier alpha value is -3.29. The Bertz CT molecular complexity index is 1000. The third-order valence-corrected chi connectivity index (χ3v) is 5.62. The summed E-state index contributed by atoms with van der Waals surface area (Å²) in [7, 11) is 1.77. The SMILES string of the molecule is Cn1cc(C2C(F)=CN=CC2/C=C/C(=O)Nc2ccc(N3CCC(F)CC3)cc2)cn1. The van der Waals surface area contributed by atoms with Crippen molar-refractivity contribution in [2.75, 3.05) is 23.3 Å². The number of benzene rings is 1. The molecule has 4 rings (SSSR count). The van der Waals surface area contributed by atoms with E-state index < -0.39 is 12.1 Å². The number of anilines is 2. The first-order valence-corrected chi connectivity index (χ1v) is 10.4. The molecule has 2 atom stereocenters. The quantitative estimate of drug-likeness (QED) is 0.732. The van der Waals surface area contributed by atoms with Gasteiger partial charge in [0.2, 0.25) is 5.91 Å². The smallest absolute Gasteiger partial charge is 0.248 e. The minimum atomic E-state index is -0.711. The molecular formula is C23H25F2N5O. The summed E-state index contributed by atoms with van der Waals surface area (Å²) in [5.41, 5.74) is 2.40. The van der Waals surface area contributed by atoms with E-state index in [9.17, 15) is 13.6 Å². The van der Waals surface area contributed by atoms with Gasteiger partial charge in [0.05, 0.1) is 18.3 Å². The van der Waals surface area contributed by atoms with Crippen molar-refractivity contribution in [3.8, 4) is 0 Å². The van der Waals surface area contributed by atoms with Crippen LogP contribution < -0.4 is 10.2 Å². The number of hydrogen-bond donors (Lipinski definition) is 1. The monoisotopic (exact) mass is 425 g/mol. The lowest BCUT2D eigenvalue weighted by Crippen LogP contribution is -2.34. The number of hydrogen-bond acceptors (Lipinski definition) is 4. The fourth-order valence-corrected chi connectivity index (χ4v) is 3.95. The van der Waals surface area contributed by atoms with Gasteiger partial charge in [0.25, 0.3) is 0 Å². The van der Waals surface area contributed by atoms with Crippen LogP contribution in [-0.2, 0) is 11.8 Å². The molecule has 3 heterocycles. The van der Waals surface area contributed by atoms with Crippen molar-refractivity contribution in [3.63, 3.8) is 0 Å². The van der Waals surface area contributed by atoms with Gasteiger partial charge in [-0.3, -0.25) is 14.5 Å².